The van der Waals surface area contributed by atoms with Crippen molar-refractivity contribution < 1.29 is 35.4 Å². The van der Waals surface area contributed by atoms with Crippen molar-refractivity contribution in [3.8, 4) is 11.5 Å². The average molecular weight is 512 g/mol. The van der Waals surface area contributed by atoms with Crippen LogP contribution in [0.25, 0.3) is 0 Å². The third kappa shape index (κ3) is 2.00. The van der Waals surface area contributed by atoms with Gasteiger partial charge in [-0.1, -0.05) is 0 Å². The van der Waals surface area contributed by atoms with E-state index in [1.807, 2.05) is 0 Å². The van der Waals surface area contributed by atoms with Gasteiger partial charge in [0.2, 0.25) is 0 Å². The Morgan fingerprint density at radius 2 is 1.14 bits per heavy atom. The standard InChI is InChI=1S/C24H19F6N2O2P/c1-31-21(23(25,26)27)17-12-6-8-14-19(17)33-35(32(21)2,16-10-4-3-5-11-16)22(31,24(28,29)30)18-13-7-9-15-20(18)34-35/h3-15H,1-2H3. The van der Waals surface area contributed by atoms with E-state index in [1.165, 1.54) is 66.7 Å². The van der Waals surface area contributed by atoms with E-state index in [-0.39, 0.29) is 16.8 Å². The van der Waals surface area contributed by atoms with Gasteiger partial charge in [-0.05, 0) is 0 Å². The molecule has 0 aliphatic carbocycles. The molecule has 6 rings (SSSR count). The van der Waals surface area contributed by atoms with Crippen LogP contribution in [0.3, 0.4) is 0 Å². The second-order valence-electron chi connectivity index (χ2n) is 8.85. The molecule has 11 heteroatoms. The monoisotopic (exact) mass is 512 g/mol. The van der Waals surface area contributed by atoms with Gasteiger partial charge >= 0.3 is 196 Å². The van der Waals surface area contributed by atoms with Crippen LogP contribution in [0.5, 0.6) is 11.5 Å². The molecule has 3 aromatic rings. The van der Waals surface area contributed by atoms with Crippen LogP contribution in [0.15, 0.2) is 78.9 Å². The first-order valence-electron chi connectivity index (χ1n) is 10.7. The minimum absolute atomic E-state index is 0.0954. The van der Waals surface area contributed by atoms with Gasteiger partial charge in [-0.2, -0.15) is 0 Å². The SMILES string of the molecule is CN1C2(C(F)(F)F)c3ccccc3OP3(c4ccccc4)(Oc4ccccc4C13C(F)(F)F)N2C. The summed E-state index contributed by atoms with van der Waals surface area (Å²) in [5.41, 5.74) is -4.04. The zero-order chi connectivity index (χ0) is 25.1. The van der Waals surface area contributed by atoms with Gasteiger partial charge in [0.05, 0.1) is 0 Å². The number of fused-ring (bicyclic) bond motifs is 5. The van der Waals surface area contributed by atoms with Crippen LogP contribution in [0, 0.1) is 0 Å². The van der Waals surface area contributed by atoms with Crippen LogP contribution in [0.1, 0.15) is 11.1 Å². The molecule has 0 N–H and O–H groups in total. The van der Waals surface area contributed by atoms with Crippen LogP contribution < -0.4 is 14.4 Å². The molecule has 0 aromatic heterocycles. The van der Waals surface area contributed by atoms with Crippen LogP contribution in [0.2, 0.25) is 0 Å². The Kier molecular flexibility index (Phi) is 4.07. The Morgan fingerprint density at radius 3 is 1.69 bits per heavy atom. The molecule has 3 heterocycles. The summed E-state index contributed by atoms with van der Waals surface area (Å²) in [5, 5.41) is -3.39. The molecular weight excluding hydrogens is 493 g/mol. The molecule has 0 amide bonds. The van der Waals surface area contributed by atoms with Crippen molar-refractivity contribution in [2.75, 3.05) is 14.1 Å². The van der Waals surface area contributed by atoms with E-state index < -0.39 is 41.6 Å². The summed E-state index contributed by atoms with van der Waals surface area (Å²) in [6, 6.07) is 17.8. The molecule has 1 saturated heterocycles. The third-order valence-corrected chi connectivity index (χ3v) is 13.2. The molecule has 0 saturated carbocycles. The first-order valence-corrected chi connectivity index (χ1v) is 12.7. The summed E-state index contributed by atoms with van der Waals surface area (Å²) in [6.45, 7) is 0. The molecule has 1 fully saturated rings. The van der Waals surface area contributed by atoms with E-state index in [1.54, 1.807) is 6.07 Å². The molecule has 2 unspecified atom stereocenters. The second kappa shape index (κ2) is 6.30. The van der Waals surface area contributed by atoms with Crippen molar-refractivity contribution in [3.05, 3.63) is 90.0 Å². The summed E-state index contributed by atoms with van der Waals surface area (Å²) in [5.74, 6) is -0.463. The summed E-state index contributed by atoms with van der Waals surface area (Å²) >= 11 is 0. The van der Waals surface area contributed by atoms with Gasteiger partial charge in [0.15, 0.2) is 0 Å². The van der Waals surface area contributed by atoms with Crippen molar-refractivity contribution in [2.45, 2.75) is 23.3 Å². The molecule has 184 valence electrons. The normalized spacial score (nSPS) is 29.7. The molecule has 2 atom stereocenters. The van der Waals surface area contributed by atoms with E-state index >= 15 is 26.3 Å². The van der Waals surface area contributed by atoms with E-state index in [4.69, 9.17) is 9.05 Å². The zero-order valence-corrected chi connectivity index (χ0v) is 19.3. The second-order valence-corrected chi connectivity index (χ2v) is 12.8. The molecule has 0 radical (unpaired) electrons. The number of halogens is 6. The first kappa shape index (κ1) is 22.6. The number of nitrogens with zero attached hydrogens (tertiary/aromatic N) is 2. The number of hydrogen-bond acceptors (Lipinski definition) is 4. The van der Waals surface area contributed by atoms with Gasteiger partial charge in [-0.25, -0.2) is 0 Å². The topological polar surface area (TPSA) is 24.9 Å². The van der Waals surface area contributed by atoms with Crippen LogP contribution in [0.4, 0.5) is 26.3 Å². The fraction of sp³-hybridized carbons (Fsp3) is 0.250. The first-order chi connectivity index (χ1) is 16.4. The van der Waals surface area contributed by atoms with Gasteiger partial charge in [-0.3, -0.25) is 0 Å². The number of hydrogen-bond donors (Lipinski definition) is 0. The Balaban J connectivity index is 1.93. The summed E-state index contributed by atoms with van der Waals surface area (Å²) in [7, 11) is -3.89. The molecular formula is C24H19F6N2O2P. The molecule has 3 aliphatic heterocycles. The Labute approximate surface area is 196 Å². The zero-order valence-electron chi connectivity index (χ0n) is 18.4. The molecule has 35 heavy (non-hydrogen) atoms. The molecule has 2 bridgehead atoms. The predicted octanol–water partition coefficient (Wildman–Crippen LogP) is 6.10. The Morgan fingerprint density at radius 1 is 0.657 bits per heavy atom. The van der Waals surface area contributed by atoms with Crippen LogP contribution in [-0.4, -0.2) is 36.0 Å². The Bertz CT molecular complexity index is 1370. The summed E-state index contributed by atoms with van der Waals surface area (Å²) in [6.07, 6.45) is -10.4. The quantitative estimate of drug-likeness (QED) is 0.291. The summed E-state index contributed by atoms with van der Waals surface area (Å²) < 4.78 is 107. The number of para-hydroxylation sites is 2. The summed E-state index contributed by atoms with van der Waals surface area (Å²) in [4.78, 5) is 0.391. The third-order valence-electron chi connectivity index (χ3n) is 7.62. The number of alkyl halides is 6. The van der Waals surface area contributed by atoms with Crippen molar-refractivity contribution in [2.24, 2.45) is 0 Å². The van der Waals surface area contributed by atoms with Crippen molar-refractivity contribution in [1.82, 2.24) is 9.57 Å². The van der Waals surface area contributed by atoms with Crippen LogP contribution >= 0.6 is 7.21 Å². The van der Waals surface area contributed by atoms with Gasteiger partial charge < -0.3 is 0 Å². The number of benzene rings is 3. The fourth-order valence-corrected chi connectivity index (χ4v) is 12.8. The van der Waals surface area contributed by atoms with E-state index in [0.29, 0.717) is 9.57 Å². The maximum absolute atomic E-state index is 15.8. The fourth-order valence-electron chi connectivity index (χ4n) is 6.50. The minimum atomic E-state index is -5.79. The Hall–Kier alpha value is -2.81. The van der Waals surface area contributed by atoms with E-state index in [9.17, 15) is 0 Å². The van der Waals surface area contributed by atoms with Gasteiger partial charge in [0, 0.05) is 0 Å². The number of rotatable bonds is 1. The van der Waals surface area contributed by atoms with Gasteiger partial charge in [0.1, 0.15) is 0 Å². The molecule has 1 spiro atoms. The molecule has 4 nitrogen and oxygen atoms in total. The molecule has 3 aromatic carbocycles. The van der Waals surface area contributed by atoms with Crippen LogP contribution in [-0.2, 0) is 10.9 Å². The van der Waals surface area contributed by atoms with Crippen molar-refractivity contribution in [3.63, 3.8) is 0 Å². The van der Waals surface area contributed by atoms with Gasteiger partial charge in [0.25, 0.3) is 0 Å². The molecule has 3 aliphatic rings. The predicted molar refractivity (Wildman–Crippen MR) is 118 cm³/mol. The average Bonchev–Trinajstić information content (AvgIpc) is 3.13. The van der Waals surface area contributed by atoms with E-state index in [0.717, 1.165) is 20.2 Å². The maximum atomic E-state index is 15.8. The van der Waals surface area contributed by atoms with Gasteiger partial charge in [-0.15, -0.1) is 0 Å². The van der Waals surface area contributed by atoms with Crippen molar-refractivity contribution in [1.29, 1.82) is 0 Å². The van der Waals surface area contributed by atoms with Crippen molar-refractivity contribution >= 4 is 12.5 Å². The van der Waals surface area contributed by atoms with E-state index in [2.05, 4.69) is 0 Å².